The molecule has 1 aliphatic rings. The number of nitrogens with one attached hydrogen (secondary N) is 3. The van der Waals surface area contributed by atoms with Gasteiger partial charge in [0.15, 0.2) is 0 Å². The van der Waals surface area contributed by atoms with Gasteiger partial charge in [0.1, 0.15) is 5.82 Å². The first-order valence-electron chi connectivity index (χ1n) is 9.42. The maximum absolute atomic E-state index is 13.2. The number of nitrogens with zero attached hydrogens (tertiary/aromatic N) is 1. The van der Waals surface area contributed by atoms with Crippen LogP contribution in [-0.2, 0) is 14.3 Å². The van der Waals surface area contributed by atoms with Crippen molar-refractivity contribution < 1.29 is 18.7 Å². The number of halogens is 1. The molecular formula is C19H29FN4O3. The predicted molar refractivity (Wildman–Crippen MR) is 103 cm³/mol. The first-order chi connectivity index (χ1) is 13.1. The van der Waals surface area contributed by atoms with E-state index in [1.165, 1.54) is 12.1 Å². The van der Waals surface area contributed by atoms with Crippen LogP contribution in [0.2, 0.25) is 0 Å². The molecule has 150 valence electrons. The van der Waals surface area contributed by atoms with Crippen LogP contribution in [0.5, 0.6) is 0 Å². The highest BCUT2D eigenvalue weighted by molar-refractivity contribution is 5.94. The van der Waals surface area contributed by atoms with Crippen LogP contribution in [0, 0.1) is 5.82 Å². The fourth-order valence-electron chi connectivity index (χ4n) is 2.88. The second-order valence-electron chi connectivity index (χ2n) is 6.54. The van der Waals surface area contributed by atoms with Gasteiger partial charge in [-0.1, -0.05) is 6.42 Å². The fraction of sp³-hybridized carbons (Fsp3) is 0.579. The Labute approximate surface area is 159 Å². The number of unbranched alkanes of at least 4 members (excludes halogenated alkanes) is 2. The Kier molecular flexibility index (Phi) is 9.00. The van der Waals surface area contributed by atoms with Gasteiger partial charge >= 0.3 is 0 Å². The lowest BCUT2D eigenvalue weighted by Gasteiger charge is -2.25. The number of rotatable bonds is 10. The molecule has 0 atom stereocenters. The zero-order chi connectivity index (χ0) is 19.5. The Morgan fingerprint density at radius 1 is 1.11 bits per heavy atom. The minimum absolute atomic E-state index is 0.0329. The van der Waals surface area contributed by atoms with E-state index in [4.69, 9.17) is 4.74 Å². The molecule has 8 heteroatoms. The molecule has 0 saturated carbocycles. The van der Waals surface area contributed by atoms with Crippen molar-refractivity contribution >= 4 is 23.2 Å². The lowest BCUT2D eigenvalue weighted by molar-refractivity contribution is -0.123. The Morgan fingerprint density at radius 2 is 1.89 bits per heavy atom. The molecule has 2 rings (SSSR count). The van der Waals surface area contributed by atoms with Crippen molar-refractivity contribution in [3.05, 3.63) is 24.0 Å². The van der Waals surface area contributed by atoms with E-state index in [9.17, 15) is 14.0 Å². The molecular weight excluding hydrogens is 351 g/mol. The van der Waals surface area contributed by atoms with Gasteiger partial charge in [0.05, 0.1) is 31.1 Å². The Bertz CT molecular complexity index is 621. The minimum Gasteiger partial charge on any atom is -0.386 e. The highest BCUT2D eigenvalue weighted by atomic mass is 19.1. The van der Waals surface area contributed by atoms with Crippen LogP contribution in [-0.4, -0.2) is 63.2 Å². The molecule has 0 radical (unpaired) electrons. The number of morpholine rings is 1. The van der Waals surface area contributed by atoms with Crippen molar-refractivity contribution in [2.24, 2.45) is 0 Å². The molecule has 0 spiro atoms. The van der Waals surface area contributed by atoms with Crippen LogP contribution in [0.1, 0.15) is 25.7 Å². The summed E-state index contributed by atoms with van der Waals surface area (Å²) in [4.78, 5) is 25.9. The average Bonchev–Trinajstić information content (AvgIpc) is 2.66. The number of benzene rings is 1. The van der Waals surface area contributed by atoms with Gasteiger partial charge in [-0.05, 0) is 31.0 Å². The summed E-state index contributed by atoms with van der Waals surface area (Å²) in [5.41, 5.74) is 1.12. The molecule has 3 N–H and O–H groups in total. The van der Waals surface area contributed by atoms with Crippen molar-refractivity contribution in [2.45, 2.75) is 25.7 Å². The highest BCUT2D eigenvalue weighted by Crippen LogP contribution is 2.22. The molecule has 27 heavy (non-hydrogen) atoms. The third-order valence-corrected chi connectivity index (χ3v) is 4.40. The maximum atomic E-state index is 13.2. The van der Waals surface area contributed by atoms with Crippen molar-refractivity contribution in [3.63, 3.8) is 0 Å². The third-order valence-electron chi connectivity index (χ3n) is 4.40. The standard InChI is InChI=1S/C19H29FN4O3/c1-21-17-13-15(20)6-7-16(17)23-18(25)5-3-2-4-8-22-19(26)14-24-9-11-27-12-10-24/h6-7,13,21H,2-5,8-12,14H2,1H3,(H,22,26)(H,23,25). The maximum Gasteiger partial charge on any atom is 0.234 e. The zero-order valence-corrected chi connectivity index (χ0v) is 15.9. The van der Waals surface area contributed by atoms with E-state index in [1.54, 1.807) is 13.1 Å². The number of carbonyl (C=O) groups excluding carboxylic acids is 2. The molecule has 0 bridgehead atoms. The molecule has 1 fully saturated rings. The summed E-state index contributed by atoms with van der Waals surface area (Å²) in [6, 6.07) is 4.20. The van der Waals surface area contributed by atoms with Crippen LogP contribution in [0.25, 0.3) is 0 Å². The lowest BCUT2D eigenvalue weighted by atomic mass is 10.1. The van der Waals surface area contributed by atoms with Gasteiger partial charge in [-0.2, -0.15) is 0 Å². The molecule has 1 saturated heterocycles. The van der Waals surface area contributed by atoms with E-state index in [1.807, 2.05) is 0 Å². The van der Waals surface area contributed by atoms with Gasteiger partial charge in [0.25, 0.3) is 0 Å². The van der Waals surface area contributed by atoms with Gasteiger partial charge in [-0.25, -0.2) is 4.39 Å². The van der Waals surface area contributed by atoms with Crippen LogP contribution >= 0.6 is 0 Å². The summed E-state index contributed by atoms with van der Waals surface area (Å²) in [7, 11) is 1.68. The van der Waals surface area contributed by atoms with Crippen molar-refractivity contribution in [1.82, 2.24) is 10.2 Å². The van der Waals surface area contributed by atoms with Gasteiger partial charge in [-0.3, -0.25) is 14.5 Å². The highest BCUT2D eigenvalue weighted by Gasteiger charge is 2.13. The number of hydrogen-bond donors (Lipinski definition) is 3. The molecule has 1 heterocycles. The Balaban J connectivity index is 1.54. The number of amides is 2. The molecule has 0 unspecified atom stereocenters. The van der Waals surface area contributed by atoms with E-state index in [-0.39, 0.29) is 17.6 Å². The van der Waals surface area contributed by atoms with Crippen molar-refractivity contribution in [3.8, 4) is 0 Å². The first-order valence-corrected chi connectivity index (χ1v) is 9.42. The van der Waals surface area contributed by atoms with Crippen molar-refractivity contribution in [2.75, 3.05) is 57.1 Å². The van der Waals surface area contributed by atoms with Gasteiger partial charge in [0.2, 0.25) is 11.8 Å². The summed E-state index contributed by atoms with van der Waals surface area (Å²) >= 11 is 0. The van der Waals surface area contributed by atoms with Gasteiger partial charge < -0.3 is 20.7 Å². The third kappa shape index (κ3) is 7.92. The molecule has 1 aliphatic heterocycles. The molecule has 2 amide bonds. The lowest BCUT2D eigenvalue weighted by Crippen LogP contribution is -2.43. The summed E-state index contributed by atoms with van der Waals surface area (Å²) in [5, 5.41) is 8.56. The minimum atomic E-state index is -0.354. The van der Waals surface area contributed by atoms with Gasteiger partial charge in [0, 0.05) is 33.1 Å². The normalized spacial score (nSPS) is 14.6. The number of hydrogen-bond acceptors (Lipinski definition) is 5. The molecule has 1 aromatic carbocycles. The number of carbonyl (C=O) groups is 2. The Hall–Kier alpha value is -2.19. The monoisotopic (exact) mass is 380 g/mol. The van der Waals surface area contributed by atoms with Crippen LogP contribution in [0.3, 0.4) is 0 Å². The molecule has 0 aromatic heterocycles. The van der Waals surface area contributed by atoms with Crippen LogP contribution in [0.4, 0.5) is 15.8 Å². The SMILES string of the molecule is CNc1cc(F)ccc1NC(=O)CCCCCNC(=O)CN1CCOCC1. The molecule has 1 aromatic rings. The Morgan fingerprint density at radius 3 is 2.63 bits per heavy atom. The first kappa shape index (κ1) is 21.1. The van der Waals surface area contributed by atoms with E-state index in [0.717, 1.165) is 32.4 Å². The second-order valence-corrected chi connectivity index (χ2v) is 6.54. The largest absolute Gasteiger partial charge is 0.386 e. The topological polar surface area (TPSA) is 82.7 Å². The summed E-state index contributed by atoms with van der Waals surface area (Å²) in [6.45, 7) is 3.99. The fourth-order valence-corrected chi connectivity index (χ4v) is 2.88. The smallest absolute Gasteiger partial charge is 0.234 e. The van der Waals surface area contributed by atoms with Crippen LogP contribution in [0.15, 0.2) is 18.2 Å². The quantitative estimate of drug-likeness (QED) is 0.540. The molecule has 7 nitrogen and oxygen atoms in total. The number of anilines is 2. The summed E-state index contributed by atoms with van der Waals surface area (Å²) in [5.74, 6) is -0.423. The summed E-state index contributed by atoms with van der Waals surface area (Å²) in [6.07, 6.45) is 2.82. The van der Waals surface area contributed by atoms with Gasteiger partial charge in [-0.15, -0.1) is 0 Å². The van der Waals surface area contributed by atoms with E-state index in [2.05, 4.69) is 20.9 Å². The zero-order valence-electron chi connectivity index (χ0n) is 15.9. The van der Waals surface area contributed by atoms with E-state index < -0.39 is 0 Å². The second kappa shape index (κ2) is 11.5. The average molecular weight is 380 g/mol. The van der Waals surface area contributed by atoms with E-state index >= 15 is 0 Å². The predicted octanol–water partition coefficient (Wildman–Crippen LogP) is 1.81. The van der Waals surface area contributed by atoms with Crippen molar-refractivity contribution in [1.29, 1.82) is 0 Å². The summed E-state index contributed by atoms with van der Waals surface area (Å²) < 4.78 is 18.4. The number of ether oxygens (including phenoxy) is 1. The van der Waals surface area contributed by atoms with E-state index in [0.29, 0.717) is 44.1 Å². The molecule has 0 aliphatic carbocycles. The van der Waals surface area contributed by atoms with Crippen LogP contribution < -0.4 is 16.0 Å².